The van der Waals surface area contributed by atoms with Crippen molar-refractivity contribution in [2.45, 2.75) is 19.3 Å². The van der Waals surface area contributed by atoms with Gasteiger partial charge < -0.3 is 5.32 Å². The molecule has 0 fully saturated rings. The minimum Gasteiger partial charge on any atom is -0.320 e. The molecule has 1 N–H and O–H groups in total. The Bertz CT molecular complexity index is 368. The number of nitrogens with one attached hydrogen (secondary N) is 1. The van der Waals surface area contributed by atoms with Crippen molar-refractivity contribution in [1.29, 1.82) is 0 Å². The Kier molecular flexibility index (Phi) is 5.43. The molecular weight excluding hydrogens is 229 g/mol. The first kappa shape index (κ1) is 13.1. The highest BCUT2D eigenvalue weighted by molar-refractivity contribution is 6.31. The molecule has 0 saturated heterocycles. The first-order valence-electron chi connectivity index (χ1n) is 5.23. The van der Waals surface area contributed by atoms with E-state index < -0.39 is 0 Å². The molecule has 1 aromatic carbocycles. The second-order valence-electron chi connectivity index (χ2n) is 3.66. The molecule has 0 radical (unpaired) electrons. The standard InChI is InChI=1S/C12H15ClFNO/c1-15-6-2-3-11(16)8-9-7-10(14)4-5-12(9)13/h4-5,7,15H,2-3,6,8H2,1H3. The number of halogens is 2. The van der Waals surface area contributed by atoms with Gasteiger partial charge >= 0.3 is 0 Å². The summed E-state index contributed by atoms with van der Waals surface area (Å²) in [6.45, 7) is 0.808. The average molecular weight is 244 g/mol. The quantitative estimate of drug-likeness (QED) is 0.779. The normalized spacial score (nSPS) is 10.4. The van der Waals surface area contributed by atoms with Gasteiger partial charge in [0.05, 0.1) is 0 Å². The third kappa shape index (κ3) is 4.29. The summed E-state index contributed by atoms with van der Waals surface area (Å²) >= 11 is 5.87. The molecule has 4 heteroatoms. The van der Waals surface area contributed by atoms with Gasteiger partial charge in [-0.3, -0.25) is 4.79 Å². The van der Waals surface area contributed by atoms with Crippen LogP contribution in [0.3, 0.4) is 0 Å². The Labute approximate surface area is 99.8 Å². The van der Waals surface area contributed by atoms with E-state index in [9.17, 15) is 9.18 Å². The van der Waals surface area contributed by atoms with Gasteiger partial charge in [0, 0.05) is 17.9 Å². The van der Waals surface area contributed by atoms with E-state index in [2.05, 4.69) is 5.32 Å². The maximum absolute atomic E-state index is 12.9. The average Bonchev–Trinajstić information content (AvgIpc) is 2.24. The highest BCUT2D eigenvalue weighted by Crippen LogP contribution is 2.18. The highest BCUT2D eigenvalue weighted by Gasteiger charge is 2.08. The number of rotatable bonds is 6. The Hall–Kier alpha value is -0.930. The smallest absolute Gasteiger partial charge is 0.137 e. The van der Waals surface area contributed by atoms with Crippen LogP contribution in [0.4, 0.5) is 4.39 Å². The zero-order chi connectivity index (χ0) is 12.0. The van der Waals surface area contributed by atoms with Gasteiger partial charge in [-0.15, -0.1) is 0 Å². The zero-order valence-electron chi connectivity index (χ0n) is 9.22. The minimum absolute atomic E-state index is 0.0859. The Balaban J connectivity index is 2.52. The number of ketones is 1. The molecule has 88 valence electrons. The van der Waals surface area contributed by atoms with E-state index in [1.54, 1.807) is 0 Å². The Morgan fingerprint density at radius 2 is 2.25 bits per heavy atom. The lowest BCUT2D eigenvalue weighted by molar-refractivity contribution is -0.118. The summed E-state index contributed by atoms with van der Waals surface area (Å²) in [7, 11) is 1.84. The molecule has 2 nitrogen and oxygen atoms in total. The Morgan fingerprint density at radius 3 is 2.94 bits per heavy atom. The van der Waals surface area contributed by atoms with Crippen molar-refractivity contribution >= 4 is 17.4 Å². The van der Waals surface area contributed by atoms with Gasteiger partial charge in [-0.2, -0.15) is 0 Å². The third-order valence-electron chi connectivity index (χ3n) is 2.28. The molecular formula is C12H15ClFNO. The first-order valence-corrected chi connectivity index (χ1v) is 5.61. The molecule has 1 rings (SSSR count). The van der Waals surface area contributed by atoms with Crippen LogP contribution < -0.4 is 5.32 Å². The van der Waals surface area contributed by atoms with E-state index >= 15 is 0 Å². The molecule has 0 aromatic heterocycles. The summed E-state index contributed by atoms with van der Waals surface area (Å²) in [4.78, 5) is 11.5. The molecule has 16 heavy (non-hydrogen) atoms. The van der Waals surface area contributed by atoms with Gasteiger partial charge in [0.1, 0.15) is 11.6 Å². The molecule has 0 heterocycles. The number of hydrogen-bond acceptors (Lipinski definition) is 2. The molecule has 0 aliphatic rings. The number of benzene rings is 1. The molecule has 0 spiro atoms. The second-order valence-corrected chi connectivity index (χ2v) is 4.07. The van der Waals surface area contributed by atoms with Crippen molar-refractivity contribution in [3.63, 3.8) is 0 Å². The summed E-state index contributed by atoms with van der Waals surface area (Å²) in [5.74, 6) is -0.273. The van der Waals surface area contributed by atoms with Crippen molar-refractivity contribution < 1.29 is 9.18 Å². The van der Waals surface area contributed by atoms with Gasteiger partial charge in [-0.05, 0) is 43.8 Å². The molecule has 0 atom stereocenters. The topological polar surface area (TPSA) is 29.1 Å². The molecule has 0 amide bonds. The van der Waals surface area contributed by atoms with Crippen LogP contribution in [0, 0.1) is 5.82 Å². The van der Waals surface area contributed by atoms with E-state index in [4.69, 9.17) is 11.6 Å². The largest absolute Gasteiger partial charge is 0.320 e. The monoisotopic (exact) mass is 243 g/mol. The van der Waals surface area contributed by atoms with E-state index in [1.807, 2.05) is 7.05 Å². The number of carbonyl (C=O) groups excluding carboxylic acids is 1. The highest BCUT2D eigenvalue weighted by atomic mass is 35.5. The fraction of sp³-hybridized carbons (Fsp3) is 0.417. The lowest BCUT2D eigenvalue weighted by Crippen LogP contribution is -2.11. The van der Waals surface area contributed by atoms with Gasteiger partial charge in [0.25, 0.3) is 0 Å². The third-order valence-corrected chi connectivity index (χ3v) is 2.65. The molecule has 0 unspecified atom stereocenters. The SMILES string of the molecule is CNCCCC(=O)Cc1cc(F)ccc1Cl. The summed E-state index contributed by atoms with van der Waals surface area (Å²) in [5.41, 5.74) is 0.566. The predicted molar refractivity (Wildman–Crippen MR) is 63.3 cm³/mol. The van der Waals surface area contributed by atoms with Crippen LogP contribution >= 0.6 is 11.6 Å². The van der Waals surface area contributed by atoms with Crippen LogP contribution in [0.25, 0.3) is 0 Å². The Morgan fingerprint density at radius 1 is 1.50 bits per heavy atom. The van der Waals surface area contributed by atoms with Crippen LogP contribution in [0.15, 0.2) is 18.2 Å². The van der Waals surface area contributed by atoms with Crippen molar-refractivity contribution in [2.75, 3.05) is 13.6 Å². The molecule has 0 aliphatic carbocycles. The molecule has 0 aliphatic heterocycles. The summed E-state index contributed by atoms with van der Waals surface area (Å²) < 4.78 is 12.9. The van der Waals surface area contributed by atoms with E-state index in [0.29, 0.717) is 17.0 Å². The van der Waals surface area contributed by atoms with Gasteiger partial charge in [-0.25, -0.2) is 4.39 Å². The minimum atomic E-state index is -0.359. The van der Waals surface area contributed by atoms with E-state index in [1.165, 1.54) is 18.2 Å². The van der Waals surface area contributed by atoms with Crippen LogP contribution in [0.1, 0.15) is 18.4 Å². The maximum Gasteiger partial charge on any atom is 0.137 e. The van der Waals surface area contributed by atoms with Gasteiger partial charge in [0.2, 0.25) is 0 Å². The van der Waals surface area contributed by atoms with Gasteiger partial charge in [-0.1, -0.05) is 11.6 Å². The summed E-state index contributed by atoms with van der Waals surface area (Å²) in [5, 5.41) is 3.42. The number of Topliss-reactive ketones (excluding diaryl/α,β-unsaturated/α-hetero) is 1. The van der Waals surface area contributed by atoms with Crippen LogP contribution in [0.2, 0.25) is 5.02 Å². The summed E-state index contributed by atoms with van der Waals surface area (Å²) in [6, 6.07) is 4.09. The van der Waals surface area contributed by atoms with Crippen LogP contribution in [-0.2, 0) is 11.2 Å². The maximum atomic E-state index is 12.9. The van der Waals surface area contributed by atoms with Gasteiger partial charge in [0.15, 0.2) is 0 Å². The van der Waals surface area contributed by atoms with Crippen molar-refractivity contribution in [1.82, 2.24) is 5.32 Å². The summed E-state index contributed by atoms with van der Waals surface area (Å²) in [6.07, 6.45) is 1.50. The molecule has 1 aromatic rings. The van der Waals surface area contributed by atoms with Crippen molar-refractivity contribution in [3.8, 4) is 0 Å². The van der Waals surface area contributed by atoms with E-state index in [0.717, 1.165) is 13.0 Å². The number of hydrogen-bond donors (Lipinski definition) is 1. The lowest BCUT2D eigenvalue weighted by atomic mass is 10.1. The second kappa shape index (κ2) is 6.61. The first-order chi connectivity index (χ1) is 7.63. The lowest BCUT2D eigenvalue weighted by Gasteiger charge is -2.04. The van der Waals surface area contributed by atoms with Crippen LogP contribution in [-0.4, -0.2) is 19.4 Å². The zero-order valence-corrected chi connectivity index (χ0v) is 9.98. The fourth-order valence-corrected chi connectivity index (χ4v) is 1.63. The van der Waals surface area contributed by atoms with Crippen molar-refractivity contribution in [2.24, 2.45) is 0 Å². The van der Waals surface area contributed by atoms with Crippen molar-refractivity contribution in [3.05, 3.63) is 34.6 Å². The molecule has 0 bridgehead atoms. The fourth-order valence-electron chi connectivity index (χ4n) is 1.44. The number of carbonyl (C=O) groups is 1. The van der Waals surface area contributed by atoms with Crippen LogP contribution in [0.5, 0.6) is 0 Å². The molecule has 0 saturated carbocycles. The van der Waals surface area contributed by atoms with E-state index in [-0.39, 0.29) is 18.0 Å². The predicted octanol–water partition coefficient (Wildman–Crippen LogP) is 2.59.